The van der Waals surface area contributed by atoms with Gasteiger partial charge in [0.1, 0.15) is 6.54 Å². The predicted octanol–water partition coefficient (Wildman–Crippen LogP) is 4.76. The number of aromatic nitrogens is 1. The number of carbonyl (C=O) groups excluding carboxylic acids is 2. The van der Waals surface area contributed by atoms with Crippen LogP contribution in [-0.4, -0.2) is 22.7 Å². The second kappa shape index (κ2) is 9.68. The minimum absolute atomic E-state index is 0.0164. The van der Waals surface area contributed by atoms with E-state index in [1.54, 1.807) is 41.0 Å². The lowest BCUT2D eigenvalue weighted by molar-refractivity contribution is -0.132. The predicted molar refractivity (Wildman–Crippen MR) is 135 cm³/mol. The summed E-state index contributed by atoms with van der Waals surface area (Å²) in [5.74, 6) is -0.423. The van der Waals surface area contributed by atoms with Crippen LogP contribution < -0.4 is 15.6 Å². The van der Waals surface area contributed by atoms with Gasteiger partial charge >= 0.3 is 5.97 Å². The topological polar surface area (TPSA) is 89.8 Å². The zero-order valence-electron chi connectivity index (χ0n) is 17.3. The van der Waals surface area contributed by atoms with Gasteiger partial charge in [-0.25, -0.2) is 5.43 Å². The summed E-state index contributed by atoms with van der Waals surface area (Å²) in [6, 6.07) is 17.8. The maximum atomic E-state index is 12.8. The molecule has 0 saturated heterocycles. The summed E-state index contributed by atoms with van der Waals surface area (Å²) >= 11 is 6.72. The van der Waals surface area contributed by atoms with Crippen LogP contribution in [0.1, 0.15) is 12.5 Å². The molecular weight excluding hydrogens is 554 g/mol. The van der Waals surface area contributed by atoms with E-state index in [0.717, 1.165) is 0 Å². The number of ether oxygens (including phenoxy) is 1. The van der Waals surface area contributed by atoms with Gasteiger partial charge in [-0.2, -0.15) is 5.10 Å². The van der Waals surface area contributed by atoms with Crippen molar-refractivity contribution < 1.29 is 14.3 Å². The van der Waals surface area contributed by atoms with E-state index in [2.05, 4.69) is 42.4 Å². The molecule has 0 aliphatic heterocycles. The average Bonchev–Trinajstić information content (AvgIpc) is 2.79. The molecule has 0 aliphatic rings. The molecule has 0 saturated carbocycles. The molecule has 4 aromatic rings. The number of nitrogens with one attached hydrogen (secondary N) is 1. The highest BCUT2D eigenvalue weighted by Crippen LogP contribution is 2.34. The zero-order valence-corrected chi connectivity index (χ0v) is 20.5. The number of benzene rings is 3. The Morgan fingerprint density at radius 2 is 1.55 bits per heavy atom. The summed E-state index contributed by atoms with van der Waals surface area (Å²) in [6.45, 7) is 1.30. The van der Waals surface area contributed by atoms with Crippen molar-refractivity contribution in [3.63, 3.8) is 0 Å². The molecule has 4 rings (SSSR count). The van der Waals surface area contributed by atoms with Crippen LogP contribution in [0.2, 0.25) is 0 Å². The molecule has 0 atom stereocenters. The normalized spacial score (nSPS) is 11.2. The molecule has 166 valence electrons. The van der Waals surface area contributed by atoms with Crippen LogP contribution in [0.15, 0.2) is 79.5 Å². The fraction of sp³-hybridized carbons (Fsp3) is 0.0833. The van der Waals surface area contributed by atoms with Crippen molar-refractivity contribution in [2.75, 3.05) is 0 Å². The highest BCUT2D eigenvalue weighted by Gasteiger charge is 2.13. The maximum absolute atomic E-state index is 12.8. The van der Waals surface area contributed by atoms with E-state index in [0.29, 0.717) is 42.1 Å². The quantitative estimate of drug-likeness (QED) is 0.123. The molecule has 0 bridgehead atoms. The monoisotopic (exact) mass is 569 g/mol. The lowest BCUT2D eigenvalue weighted by Crippen LogP contribution is -2.25. The molecule has 7 nitrogen and oxygen atoms in total. The number of carbonyl (C=O) groups is 2. The number of hydrogen-bond acceptors (Lipinski definition) is 5. The Labute approximate surface area is 205 Å². The maximum Gasteiger partial charge on any atom is 0.308 e. The summed E-state index contributed by atoms with van der Waals surface area (Å²) < 4.78 is 8.07. The molecule has 33 heavy (non-hydrogen) atoms. The lowest BCUT2D eigenvalue weighted by Gasteiger charge is -2.14. The van der Waals surface area contributed by atoms with Gasteiger partial charge < -0.3 is 9.30 Å². The van der Waals surface area contributed by atoms with E-state index in [4.69, 9.17) is 4.74 Å². The van der Waals surface area contributed by atoms with E-state index in [9.17, 15) is 14.4 Å². The van der Waals surface area contributed by atoms with E-state index in [-0.39, 0.29) is 17.9 Å². The number of nitrogens with zero attached hydrogens (tertiary/aromatic N) is 2. The Morgan fingerprint density at radius 1 is 1.00 bits per heavy atom. The molecule has 0 radical (unpaired) electrons. The van der Waals surface area contributed by atoms with Gasteiger partial charge in [0, 0.05) is 17.7 Å². The van der Waals surface area contributed by atoms with Gasteiger partial charge in [-0.1, -0.05) is 24.3 Å². The Bertz CT molecular complexity index is 1410. The molecule has 3 aromatic carbocycles. The fourth-order valence-electron chi connectivity index (χ4n) is 3.50. The number of hydrogen-bond donors (Lipinski definition) is 1. The van der Waals surface area contributed by atoms with E-state index >= 15 is 0 Å². The van der Waals surface area contributed by atoms with Crippen LogP contribution in [0.3, 0.4) is 0 Å². The molecule has 0 unspecified atom stereocenters. The van der Waals surface area contributed by atoms with E-state index < -0.39 is 5.97 Å². The smallest absolute Gasteiger partial charge is 0.308 e. The number of fused-ring (bicyclic) bond motifs is 2. The van der Waals surface area contributed by atoms with Crippen molar-refractivity contribution in [3.05, 3.63) is 85.4 Å². The number of amides is 1. The number of pyridine rings is 1. The summed E-state index contributed by atoms with van der Waals surface area (Å²) in [6.07, 6.45) is 1.48. The van der Waals surface area contributed by atoms with Crippen molar-refractivity contribution >= 4 is 71.8 Å². The van der Waals surface area contributed by atoms with Gasteiger partial charge in [0.25, 0.3) is 5.91 Å². The van der Waals surface area contributed by atoms with Crippen molar-refractivity contribution in [1.82, 2.24) is 9.99 Å². The summed E-state index contributed by atoms with van der Waals surface area (Å²) in [5.41, 5.74) is 4.48. The number of para-hydroxylation sites is 2. The first kappa shape index (κ1) is 22.9. The Morgan fingerprint density at radius 3 is 2.09 bits per heavy atom. The van der Waals surface area contributed by atoms with Crippen LogP contribution in [0, 0.1) is 0 Å². The summed E-state index contributed by atoms with van der Waals surface area (Å²) in [5, 5.41) is 5.14. The third-order valence-electron chi connectivity index (χ3n) is 4.85. The molecule has 0 spiro atoms. The summed E-state index contributed by atoms with van der Waals surface area (Å²) in [7, 11) is 0. The second-order valence-corrected chi connectivity index (χ2v) is 8.86. The van der Waals surface area contributed by atoms with Gasteiger partial charge in [0.05, 0.1) is 26.2 Å². The molecule has 1 aromatic heterocycles. The third-order valence-corrected chi connectivity index (χ3v) is 6.03. The molecule has 1 heterocycles. The van der Waals surface area contributed by atoms with Crippen LogP contribution in [-0.2, 0) is 16.1 Å². The number of halogens is 2. The Balaban J connectivity index is 1.58. The standard InChI is InChI=1S/C24H17Br2N3O4/c1-14(30)33-24-18(25)10-15(11-19(24)26)12-27-28-22(31)13-29-20-8-4-2-6-16(20)23(32)17-7-3-5-9-21(17)29/h2-12H,13H2,1H3,(H,28,31)/b27-12-. The molecule has 0 fully saturated rings. The lowest BCUT2D eigenvalue weighted by atomic mass is 10.1. The fourth-order valence-corrected chi connectivity index (χ4v) is 4.88. The van der Waals surface area contributed by atoms with Crippen LogP contribution in [0.5, 0.6) is 5.75 Å². The van der Waals surface area contributed by atoms with Crippen molar-refractivity contribution in [2.24, 2.45) is 5.10 Å². The highest BCUT2D eigenvalue weighted by molar-refractivity contribution is 9.11. The Hall–Kier alpha value is -3.30. The molecule has 9 heteroatoms. The van der Waals surface area contributed by atoms with E-state index in [1.165, 1.54) is 13.1 Å². The van der Waals surface area contributed by atoms with E-state index in [1.807, 2.05) is 24.3 Å². The van der Waals surface area contributed by atoms with Crippen molar-refractivity contribution in [3.8, 4) is 5.75 Å². The first-order chi connectivity index (χ1) is 15.8. The Kier molecular flexibility index (Phi) is 6.71. The first-order valence-corrected chi connectivity index (χ1v) is 11.4. The molecule has 1 N–H and O–H groups in total. The summed E-state index contributed by atoms with van der Waals surface area (Å²) in [4.78, 5) is 36.7. The van der Waals surface area contributed by atoms with Crippen molar-refractivity contribution in [1.29, 1.82) is 0 Å². The van der Waals surface area contributed by atoms with Gasteiger partial charge in [-0.05, 0) is 73.8 Å². The second-order valence-electron chi connectivity index (χ2n) is 7.15. The van der Waals surface area contributed by atoms with Gasteiger partial charge in [0.15, 0.2) is 11.2 Å². The van der Waals surface area contributed by atoms with Gasteiger partial charge in [-0.15, -0.1) is 0 Å². The molecule has 1 amide bonds. The zero-order chi connectivity index (χ0) is 23.5. The molecule has 0 aliphatic carbocycles. The highest BCUT2D eigenvalue weighted by atomic mass is 79.9. The van der Waals surface area contributed by atoms with Crippen molar-refractivity contribution in [2.45, 2.75) is 13.5 Å². The number of rotatable bonds is 5. The van der Waals surface area contributed by atoms with Crippen LogP contribution >= 0.6 is 31.9 Å². The average molecular weight is 571 g/mol. The molecular formula is C24H17Br2N3O4. The minimum Gasteiger partial charge on any atom is -0.424 e. The number of hydrazone groups is 1. The largest absolute Gasteiger partial charge is 0.424 e. The van der Waals surface area contributed by atoms with Crippen LogP contribution in [0.25, 0.3) is 21.8 Å². The first-order valence-electron chi connectivity index (χ1n) is 9.85. The van der Waals surface area contributed by atoms with Gasteiger partial charge in [0.2, 0.25) is 0 Å². The SMILES string of the molecule is CC(=O)Oc1c(Br)cc(/C=N\NC(=O)Cn2c3ccccc3c(=O)c3ccccc32)cc1Br. The number of esters is 1. The minimum atomic E-state index is -0.437. The van der Waals surface area contributed by atoms with Crippen LogP contribution in [0.4, 0.5) is 0 Å². The van der Waals surface area contributed by atoms with Gasteiger partial charge in [-0.3, -0.25) is 14.4 Å². The third kappa shape index (κ3) is 4.89.